The van der Waals surface area contributed by atoms with Crippen LogP contribution in [0.15, 0.2) is 79.0 Å². The highest BCUT2D eigenvalue weighted by Crippen LogP contribution is 2.26. The molecule has 1 aliphatic rings. The van der Waals surface area contributed by atoms with E-state index >= 15 is 0 Å². The Morgan fingerprint density at radius 2 is 1.56 bits per heavy atom. The van der Waals surface area contributed by atoms with Gasteiger partial charge in [0.25, 0.3) is 5.91 Å². The predicted molar refractivity (Wildman–Crippen MR) is 162 cm³/mol. The van der Waals surface area contributed by atoms with Crippen LogP contribution < -0.4 is 5.32 Å². The molecule has 8 nitrogen and oxygen atoms in total. The molecule has 0 radical (unpaired) electrons. The van der Waals surface area contributed by atoms with Gasteiger partial charge in [-0.05, 0) is 50.2 Å². The zero-order chi connectivity index (χ0) is 28.8. The molecule has 41 heavy (non-hydrogen) atoms. The van der Waals surface area contributed by atoms with Crippen molar-refractivity contribution in [3.63, 3.8) is 0 Å². The third kappa shape index (κ3) is 7.41. The van der Waals surface area contributed by atoms with Crippen LogP contribution in [0.3, 0.4) is 0 Å². The second kappa shape index (κ2) is 13.1. The highest BCUT2D eigenvalue weighted by Gasteiger charge is 2.22. The number of anilines is 1. The number of carbonyl (C=O) groups is 2. The number of carbonyl (C=O) groups excluding carboxylic acids is 2. The molecular formula is C32H34ClN5O3. The average molecular weight is 572 g/mol. The van der Waals surface area contributed by atoms with Crippen molar-refractivity contribution < 1.29 is 14.3 Å². The average Bonchev–Trinajstić information content (AvgIpc) is 3.40. The van der Waals surface area contributed by atoms with E-state index in [-0.39, 0.29) is 18.4 Å². The second-order valence-electron chi connectivity index (χ2n) is 10.3. The van der Waals surface area contributed by atoms with Gasteiger partial charge in [-0.25, -0.2) is 4.98 Å². The van der Waals surface area contributed by atoms with Crippen LogP contribution in [-0.2, 0) is 9.53 Å². The van der Waals surface area contributed by atoms with Gasteiger partial charge < -0.3 is 9.64 Å². The lowest BCUT2D eigenvalue weighted by Crippen LogP contribution is -2.45. The lowest BCUT2D eigenvalue weighted by molar-refractivity contribution is -0.117. The van der Waals surface area contributed by atoms with Gasteiger partial charge in [-0.3, -0.25) is 24.4 Å². The predicted octanol–water partition coefficient (Wildman–Crippen LogP) is 5.22. The van der Waals surface area contributed by atoms with Gasteiger partial charge in [0.1, 0.15) is 6.54 Å². The Hall–Kier alpha value is -3.98. The first kappa shape index (κ1) is 28.5. The number of ether oxygens (including phenoxy) is 1. The van der Waals surface area contributed by atoms with Gasteiger partial charge in [0.15, 0.2) is 0 Å². The Balaban J connectivity index is 1.38. The van der Waals surface area contributed by atoms with Crippen molar-refractivity contribution in [3.8, 4) is 16.9 Å². The van der Waals surface area contributed by atoms with Crippen LogP contribution in [-0.4, -0.2) is 77.1 Å². The van der Waals surface area contributed by atoms with Crippen LogP contribution in [0, 0.1) is 13.8 Å². The van der Waals surface area contributed by atoms with Crippen molar-refractivity contribution in [2.24, 2.45) is 0 Å². The van der Waals surface area contributed by atoms with Gasteiger partial charge in [0.2, 0.25) is 11.9 Å². The van der Waals surface area contributed by atoms with Crippen LogP contribution >= 0.6 is 11.6 Å². The van der Waals surface area contributed by atoms with E-state index in [0.717, 1.165) is 35.5 Å². The van der Waals surface area contributed by atoms with Crippen LogP contribution in [0.2, 0.25) is 5.02 Å². The Morgan fingerprint density at radius 1 is 0.927 bits per heavy atom. The Labute approximate surface area is 245 Å². The van der Waals surface area contributed by atoms with Crippen LogP contribution in [0.25, 0.3) is 16.9 Å². The number of benzene rings is 3. The summed E-state index contributed by atoms with van der Waals surface area (Å²) in [5.74, 6) is -0.133. The van der Waals surface area contributed by atoms with Gasteiger partial charge >= 0.3 is 0 Å². The molecular weight excluding hydrogens is 538 g/mol. The van der Waals surface area contributed by atoms with E-state index < -0.39 is 0 Å². The molecule has 2 amide bonds. The quantitative estimate of drug-likeness (QED) is 0.298. The monoisotopic (exact) mass is 571 g/mol. The SMILES string of the molecule is Cc1ccc(C(=O)N(CCN2CCOCC2)CC(=O)Nc2nc(-c3ccc(Cl)cc3)cn2-c2ccc(C)cc2)cc1. The number of amides is 2. The van der Waals surface area contributed by atoms with Crippen molar-refractivity contribution in [2.75, 3.05) is 51.3 Å². The van der Waals surface area contributed by atoms with Crippen molar-refractivity contribution in [1.82, 2.24) is 19.4 Å². The molecule has 0 saturated carbocycles. The minimum atomic E-state index is -0.325. The molecule has 212 valence electrons. The normalized spacial score (nSPS) is 13.6. The molecule has 1 fully saturated rings. The highest BCUT2D eigenvalue weighted by atomic mass is 35.5. The van der Waals surface area contributed by atoms with E-state index in [4.69, 9.17) is 21.3 Å². The summed E-state index contributed by atoms with van der Waals surface area (Å²) in [5.41, 5.74) is 5.17. The number of nitrogens with zero attached hydrogens (tertiary/aromatic N) is 4. The Morgan fingerprint density at radius 3 is 2.22 bits per heavy atom. The van der Waals surface area contributed by atoms with Crippen molar-refractivity contribution in [1.29, 1.82) is 0 Å². The molecule has 0 bridgehead atoms. The molecule has 3 aromatic carbocycles. The fraction of sp³-hybridized carbons (Fsp3) is 0.281. The molecule has 1 aliphatic heterocycles. The van der Waals surface area contributed by atoms with E-state index in [0.29, 0.717) is 48.5 Å². The van der Waals surface area contributed by atoms with Crippen molar-refractivity contribution in [3.05, 3.63) is 101 Å². The van der Waals surface area contributed by atoms with Gasteiger partial charge in [-0.15, -0.1) is 0 Å². The molecule has 2 heterocycles. The summed E-state index contributed by atoms with van der Waals surface area (Å²) in [4.78, 5) is 35.6. The Bertz CT molecular complexity index is 1480. The molecule has 1 saturated heterocycles. The van der Waals surface area contributed by atoms with E-state index in [1.54, 1.807) is 17.0 Å². The fourth-order valence-corrected chi connectivity index (χ4v) is 4.81. The maximum atomic E-state index is 13.5. The Kier molecular flexibility index (Phi) is 9.14. The molecule has 5 rings (SSSR count). The lowest BCUT2D eigenvalue weighted by atomic mass is 10.1. The summed E-state index contributed by atoms with van der Waals surface area (Å²) in [6.45, 7) is 7.93. The first-order chi connectivity index (χ1) is 19.9. The highest BCUT2D eigenvalue weighted by molar-refractivity contribution is 6.30. The first-order valence-corrected chi connectivity index (χ1v) is 14.1. The minimum Gasteiger partial charge on any atom is -0.379 e. The number of morpholine rings is 1. The van der Waals surface area contributed by atoms with Crippen LogP contribution in [0.4, 0.5) is 5.95 Å². The standard InChI is InChI=1S/C32H34ClN5O3/c1-23-3-7-26(8-4-23)31(40)37(16-15-36-17-19-41-20-18-36)22-30(39)35-32-34-29(25-9-11-27(33)12-10-25)21-38(32)28-13-5-24(2)6-14-28/h3-14,21H,15-20,22H2,1-2H3,(H,34,35,39). The minimum absolute atomic E-state index is 0.103. The third-order valence-electron chi connectivity index (χ3n) is 7.12. The van der Waals surface area contributed by atoms with Crippen molar-refractivity contribution in [2.45, 2.75) is 13.8 Å². The number of aromatic nitrogens is 2. The molecule has 1 N–H and O–H groups in total. The van der Waals surface area contributed by atoms with Gasteiger partial charge in [-0.1, -0.05) is 59.1 Å². The van der Waals surface area contributed by atoms with Crippen LogP contribution in [0.1, 0.15) is 21.5 Å². The van der Waals surface area contributed by atoms with Gasteiger partial charge in [0, 0.05) is 54.2 Å². The van der Waals surface area contributed by atoms with Crippen molar-refractivity contribution >= 4 is 29.4 Å². The van der Waals surface area contributed by atoms with Gasteiger partial charge in [0.05, 0.1) is 18.9 Å². The fourth-order valence-electron chi connectivity index (χ4n) is 4.69. The zero-order valence-electron chi connectivity index (χ0n) is 23.3. The summed E-state index contributed by atoms with van der Waals surface area (Å²) >= 11 is 6.09. The summed E-state index contributed by atoms with van der Waals surface area (Å²) in [6.07, 6.45) is 1.89. The van der Waals surface area contributed by atoms with E-state index in [9.17, 15) is 9.59 Å². The molecule has 1 aromatic heterocycles. The zero-order valence-corrected chi connectivity index (χ0v) is 24.1. The number of hydrogen-bond donors (Lipinski definition) is 1. The number of halogens is 1. The molecule has 0 spiro atoms. The third-order valence-corrected chi connectivity index (χ3v) is 7.37. The van der Waals surface area contributed by atoms with E-state index in [1.807, 2.05) is 85.3 Å². The number of aryl methyl sites for hydroxylation is 2. The number of hydrogen-bond acceptors (Lipinski definition) is 5. The second-order valence-corrected chi connectivity index (χ2v) is 10.7. The summed E-state index contributed by atoms with van der Waals surface area (Å²) in [5, 5.41) is 3.60. The summed E-state index contributed by atoms with van der Waals surface area (Å²) < 4.78 is 7.31. The largest absolute Gasteiger partial charge is 0.379 e. The molecule has 9 heteroatoms. The van der Waals surface area contributed by atoms with Crippen LogP contribution in [0.5, 0.6) is 0 Å². The molecule has 0 atom stereocenters. The maximum Gasteiger partial charge on any atom is 0.254 e. The maximum absolute atomic E-state index is 13.5. The molecule has 0 unspecified atom stereocenters. The lowest BCUT2D eigenvalue weighted by Gasteiger charge is -2.30. The van der Waals surface area contributed by atoms with E-state index in [2.05, 4.69) is 10.2 Å². The smallest absolute Gasteiger partial charge is 0.254 e. The topological polar surface area (TPSA) is 79.7 Å². The number of rotatable bonds is 9. The summed E-state index contributed by atoms with van der Waals surface area (Å²) in [6, 6.07) is 22.8. The van der Waals surface area contributed by atoms with Gasteiger partial charge in [-0.2, -0.15) is 0 Å². The van der Waals surface area contributed by atoms with E-state index in [1.165, 1.54) is 0 Å². The number of nitrogens with one attached hydrogen (secondary N) is 1. The summed E-state index contributed by atoms with van der Waals surface area (Å²) in [7, 11) is 0. The molecule has 4 aromatic rings. The molecule has 0 aliphatic carbocycles. The number of imidazole rings is 1. The first-order valence-electron chi connectivity index (χ1n) is 13.7.